The number of carbonyl (C=O) groups excluding carboxylic acids is 1. The Labute approximate surface area is 117 Å². The number of benzene rings is 1. The van der Waals surface area contributed by atoms with Gasteiger partial charge in [0.15, 0.2) is 5.11 Å². The van der Waals surface area contributed by atoms with Gasteiger partial charge in [-0.1, -0.05) is 18.2 Å². The average molecular weight is 273 g/mol. The van der Waals surface area contributed by atoms with Crippen LogP contribution in [0, 0.1) is 0 Å². The largest absolute Gasteiger partial charge is 0.350 e. The first kappa shape index (κ1) is 12.2. The van der Waals surface area contributed by atoms with Crippen molar-refractivity contribution in [1.82, 2.24) is 14.8 Å². The van der Waals surface area contributed by atoms with Crippen molar-refractivity contribution in [3.05, 3.63) is 36.0 Å². The van der Waals surface area contributed by atoms with E-state index in [1.54, 1.807) is 7.05 Å². The standard InChI is InChI=1S/C14H15N3OS/c1-16-8-9(10-5-3-4-6-12(10)16)7-11-13(18)17(2)14(19)15-11/h3-6,8,11H,7H2,1-2H3,(H,15,19). The van der Waals surface area contributed by atoms with Gasteiger partial charge < -0.3 is 9.88 Å². The molecule has 1 aromatic heterocycles. The third-order valence-corrected chi connectivity index (χ3v) is 4.03. The Morgan fingerprint density at radius 2 is 2.05 bits per heavy atom. The summed E-state index contributed by atoms with van der Waals surface area (Å²) in [6, 6.07) is 7.97. The molecule has 5 heteroatoms. The average Bonchev–Trinajstić information content (AvgIpc) is 2.84. The molecule has 1 unspecified atom stereocenters. The second kappa shape index (κ2) is 4.35. The first-order valence-electron chi connectivity index (χ1n) is 6.19. The number of aryl methyl sites for hydroxylation is 1. The summed E-state index contributed by atoms with van der Waals surface area (Å²) in [5, 5.41) is 4.78. The molecule has 3 rings (SSSR count). The SMILES string of the molecule is CN1C(=O)C(Cc2cn(C)c3ccccc23)NC1=S. The van der Waals surface area contributed by atoms with Crippen molar-refractivity contribution in [2.24, 2.45) is 7.05 Å². The molecule has 0 aliphatic carbocycles. The first-order valence-corrected chi connectivity index (χ1v) is 6.60. The second-order valence-electron chi connectivity index (χ2n) is 4.89. The number of nitrogens with one attached hydrogen (secondary N) is 1. The number of nitrogens with zero attached hydrogens (tertiary/aromatic N) is 2. The zero-order valence-electron chi connectivity index (χ0n) is 10.9. The van der Waals surface area contributed by atoms with Crippen LogP contribution in [-0.2, 0) is 18.3 Å². The molecule has 0 radical (unpaired) electrons. The number of rotatable bonds is 2. The van der Waals surface area contributed by atoms with Gasteiger partial charge in [0.25, 0.3) is 5.91 Å². The Balaban J connectivity index is 1.95. The van der Waals surface area contributed by atoms with E-state index in [1.807, 2.05) is 19.2 Å². The summed E-state index contributed by atoms with van der Waals surface area (Å²) in [7, 11) is 3.73. The van der Waals surface area contributed by atoms with Gasteiger partial charge in [-0.2, -0.15) is 0 Å². The van der Waals surface area contributed by atoms with Crippen LogP contribution in [-0.4, -0.2) is 33.6 Å². The van der Waals surface area contributed by atoms with Gasteiger partial charge in [0, 0.05) is 37.6 Å². The van der Waals surface area contributed by atoms with Crippen molar-refractivity contribution in [2.75, 3.05) is 7.05 Å². The number of para-hydroxylation sites is 1. The fourth-order valence-electron chi connectivity index (χ4n) is 2.59. The lowest BCUT2D eigenvalue weighted by Gasteiger charge is -2.07. The molecular formula is C14H15N3OS. The van der Waals surface area contributed by atoms with Gasteiger partial charge in [-0.15, -0.1) is 0 Å². The lowest BCUT2D eigenvalue weighted by atomic mass is 10.1. The van der Waals surface area contributed by atoms with Crippen LogP contribution in [0.1, 0.15) is 5.56 Å². The van der Waals surface area contributed by atoms with Crippen LogP contribution in [0.25, 0.3) is 10.9 Å². The number of likely N-dealkylation sites (N-methyl/N-ethyl adjacent to an activating group) is 1. The normalized spacial score (nSPS) is 19.3. The van der Waals surface area contributed by atoms with Crippen LogP contribution in [0.5, 0.6) is 0 Å². The summed E-state index contributed by atoms with van der Waals surface area (Å²) >= 11 is 5.10. The lowest BCUT2D eigenvalue weighted by molar-refractivity contribution is -0.126. The van der Waals surface area contributed by atoms with Crippen molar-refractivity contribution >= 4 is 34.1 Å². The number of hydrogen-bond acceptors (Lipinski definition) is 2. The molecule has 1 N–H and O–H groups in total. The van der Waals surface area contributed by atoms with Gasteiger partial charge in [0.1, 0.15) is 6.04 Å². The number of carbonyl (C=O) groups is 1. The molecule has 0 spiro atoms. The summed E-state index contributed by atoms with van der Waals surface area (Å²) in [5.74, 6) is 0.0398. The summed E-state index contributed by atoms with van der Waals surface area (Å²) < 4.78 is 2.09. The van der Waals surface area contributed by atoms with Gasteiger partial charge in [0.05, 0.1) is 0 Å². The topological polar surface area (TPSA) is 37.3 Å². The highest BCUT2D eigenvalue weighted by Gasteiger charge is 2.33. The Bertz CT molecular complexity index is 676. The summed E-state index contributed by atoms with van der Waals surface area (Å²) in [5.41, 5.74) is 2.35. The molecule has 2 heterocycles. The molecule has 1 amide bonds. The molecule has 0 bridgehead atoms. The minimum Gasteiger partial charge on any atom is -0.350 e. The van der Waals surface area contributed by atoms with E-state index in [1.165, 1.54) is 21.4 Å². The second-order valence-corrected chi connectivity index (χ2v) is 5.27. The van der Waals surface area contributed by atoms with Crippen LogP contribution in [0.15, 0.2) is 30.5 Å². The minimum atomic E-state index is -0.247. The summed E-state index contributed by atoms with van der Waals surface area (Å²) in [6.45, 7) is 0. The summed E-state index contributed by atoms with van der Waals surface area (Å²) in [4.78, 5) is 13.5. The maximum absolute atomic E-state index is 12.0. The van der Waals surface area contributed by atoms with Gasteiger partial charge >= 0.3 is 0 Å². The van der Waals surface area contributed by atoms with Crippen molar-refractivity contribution in [2.45, 2.75) is 12.5 Å². The third-order valence-electron chi connectivity index (χ3n) is 3.63. The Morgan fingerprint density at radius 1 is 1.32 bits per heavy atom. The van der Waals surface area contributed by atoms with Gasteiger partial charge in [-0.05, 0) is 23.8 Å². The Morgan fingerprint density at radius 3 is 2.74 bits per heavy atom. The number of aromatic nitrogens is 1. The lowest BCUT2D eigenvalue weighted by Crippen LogP contribution is -2.31. The Hall–Kier alpha value is -1.88. The number of amides is 1. The van der Waals surface area contributed by atoms with Crippen LogP contribution in [0.4, 0.5) is 0 Å². The predicted octanol–water partition coefficient (Wildman–Crippen LogP) is 1.44. The molecule has 2 aromatic rings. The first-order chi connectivity index (χ1) is 9.08. The highest BCUT2D eigenvalue weighted by atomic mass is 32.1. The highest BCUT2D eigenvalue weighted by Crippen LogP contribution is 2.22. The molecular weight excluding hydrogens is 258 g/mol. The predicted molar refractivity (Wildman–Crippen MR) is 78.9 cm³/mol. The number of thiocarbonyl (C=S) groups is 1. The van der Waals surface area contributed by atoms with E-state index in [0.717, 1.165) is 0 Å². The quantitative estimate of drug-likeness (QED) is 0.841. The summed E-state index contributed by atoms with van der Waals surface area (Å²) in [6.07, 6.45) is 2.74. The molecule has 1 saturated heterocycles. The molecule has 98 valence electrons. The molecule has 1 fully saturated rings. The van der Waals surface area contributed by atoms with Crippen LogP contribution in [0.2, 0.25) is 0 Å². The fourth-order valence-corrected chi connectivity index (χ4v) is 2.82. The Kier molecular flexibility index (Phi) is 2.78. The van der Waals surface area contributed by atoms with Crippen LogP contribution in [0.3, 0.4) is 0 Å². The molecule has 19 heavy (non-hydrogen) atoms. The fraction of sp³-hybridized carbons (Fsp3) is 0.286. The maximum atomic E-state index is 12.0. The van der Waals surface area contributed by atoms with E-state index in [0.29, 0.717) is 11.5 Å². The highest BCUT2D eigenvalue weighted by molar-refractivity contribution is 7.80. The third kappa shape index (κ3) is 1.90. The molecule has 1 aromatic carbocycles. The zero-order chi connectivity index (χ0) is 13.6. The molecule has 4 nitrogen and oxygen atoms in total. The van der Waals surface area contributed by atoms with E-state index in [4.69, 9.17) is 12.2 Å². The van der Waals surface area contributed by atoms with Gasteiger partial charge in [0.2, 0.25) is 0 Å². The van der Waals surface area contributed by atoms with Gasteiger partial charge in [-0.25, -0.2) is 0 Å². The zero-order valence-corrected chi connectivity index (χ0v) is 11.7. The molecule has 1 aliphatic rings. The number of hydrogen-bond donors (Lipinski definition) is 1. The van der Waals surface area contributed by atoms with E-state index in [9.17, 15) is 4.79 Å². The molecule has 1 atom stereocenters. The van der Waals surface area contributed by atoms with Crippen LogP contribution < -0.4 is 5.32 Å². The van der Waals surface area contributed by atoms with E-state index >= 15 is 0 Å². The van der Waals surface area contributed by atoms with Crippen molar-refractivity contribution in [3.8, 4) is 0 Å². The van der Waals surface area contributed by atoms with Gasteiger partial charge in [-0.3, -0.25) is 9.69 Å². The van der Waals surface area contributed by atoms with Crippen molar-refractivity contribution in [1.29, 1.82) is 0 Å². The molecule has 1 aliphatic heterocycles. The minimum absolute atomic E-state index is 0.0398. The van der Waals surface area contributed by atoms with E-state index in [2.05, 4.69) is 28.2 Å². The molecule has 0 saturated carbocycles. The number of fused-ring (bicyclic) bond motifs is 1. The van der Waals surface area contributed by atoms with Crippen LogP contribution >= 0.6 is 12.2 Å². The van der Waals surface area contributed by atoms with E-state index < -0.39 is 0 Å². The monoisotopic (exact) mass is 273 g/mol. The van der Waals surface area contributed by atoms with Crippen molar-refractivity contribution < 1.29 is 4.79 Å². The van der Waals surface area contributed by atoms with Crippen molar-refractivity contribution in [3.63, 3.8) is 0 Å². The smallest absolute Gasteiger partial charge is 0.251 e. The van der Waals surface area contributed by atoms with E-state index in [-0.39, 0.29) is 11.9 Å². The maximum Gasteiger partial charge on any atom is 0.251 e.